The smallest absolute Gasteiger partial charge is 0.338 e. The van der Waals surface area contributed by atoms with Gasteiger partial charge in [-0.3, -0.25) is 4.79 Å². The first-order valence-electron chi connectivity index (χ1n) is 8.13. The first-order valence-corrected chi connectivity index (χ1v) is 8.54. The molecule has 0 aliphatic carbocycles. The average molecular weight is 350 g/mol. The third kappa shape index (κ3) is 7.08. The number of anilines is 1. The summed E-state index contributed by atoms with van der Waals surface area (Å²) < 4.78 is 5.20. The van der Waals surface area contributed by atoms with Crippen LogP contribution in [0.25, 0.3) is 0 Å². The van der Waals surface area contributed by atoms with Crippen molar-refractivity contribution in [3.63, 3.8) is 0 Å². The molecule has 0 atom stereocenters. The number of thiocarbonyl (C=S) groups is 1. The summed E-state index contributed by atoms with van der Waals surface area (Å²) in [4.78, 5) is 23.7. The normalized spacial score (nSPS) is 10.8. The van der Waals surface area contributed by atoms with E-state index < -0.39 is 5.41 Å². The van der Waals surface area contributed by atoms with E-state index in [2.05, 4.69) is 17.6 Å². The van der Waals surface area contributed by atoms with Gasteiger partial charge in [0.1, 0.15) is 0 Å². The van der Waals surface area contributed by atoms with Crippen LogP contribution >= 0.6 is 12.2 Å². The second-order valence-corrected chi connectivity index (χ2v) is 6.99. The minimum Gasteiger partial charge on any atom is -0.462 e. The number of rotatable bonds is 6. The summed E-state index contributed by atoms with van der Waals surface area (Å²) in [6.45, 7) is 7.97. The van der Waals surface area contributed by atoms with Crippen LogP contribution < -0.4 is 10.6 Å². The molecule has 6 heteroatoms. The lowest BCUT2D eigenvalue weighted by Crippen LogP contribution is -2.41. The van der Waals surface area contributed by atoms with Gasteiger partial charge in [0.15, 0.2) is 5.11 Å². The van der Waals surface area contributed by atoms with Crippen LogP contribution in [-0.4, -0.2) is 23.6 Å². The van der Waals surface area contributed by atoms with Crippen LogP contribution in [0.4, 0.5) is 5.69 Å². The van der Waals surface area contributed by atoms with E-state index in [0.29, 0.717) is 17.9 Å². The maximum Gasteiger partial charge on any atom is 0.338 e. The second-order valence-electron chi connectivity index (χ2n) is 6.58. The molecular formula is C18H26N2O3S. The molecule has 0 aliphatic heterocycles. The maximum atomic E-state index is 11.9. The molecule has 24 heavy (non-hydrogen) atoms. The van der Waals surface area contributed by atoms with Gasteiger partial charge in [0.05, 0.1) is 12.2 Å². The summed E-state index contributed by atoms with van der Waals surface area (Å²) in [5, 5.41) is 5.78. The number of unbranched alkanes of at least 4 members (excludes halogenated alkanes) is 2. The van der Waals surface area contributed by atoms with Crippen molar-refractivity contribution in [3.05, 3.63) is 29.8 Å². The highest BCUT2D eigenvalue weighted by Crippen LogP contribution is 2.14. The standard InChI is InChI=1S/C18H26N2O3S/c1-5-6-7-12-23-15(21)13-8-10-14(11-9-13)19-17(24)20-16(22)18(2,3)4/h8-11H,5-7,12H2,1-4H3,(H2,19,20,22,24). The van der Waals surface area contributed by atoms with Crippen LogP contribution in [0.3, 0.4) is 0 Å². The number of carbonyl (C=O) groups excluding carboxylic acids is 2. The van der Waals surface area contributed by atoms with E-state index in [1.807, 2.05) is 20.8 Å². The number of amides is 1. The molecule has 2 N–H and O–H groups in total. The molecule has 1 rings (SSSR count). The van der Waals surface area contributed by atoms with Crippen molar-refractivity contribution in [3.8, 4) is 0 Å². The number of benzene rings is 1. The Hall–Kier alpha value is -1.95. The van der Waals surface area contributed by atoms with Gasteiger partial charge in [-0.1, -0.05) is 40.5 Å². The molecule has 0 fully saturated rings. The minimum atomic E-state index is -0.517. The summed E-state index contributed by atoms with van der Waals surface area (Å²) in [7, 11) is 0. The molecular weight excluding hydrogens is 324 g/mol. The van der Waals surface area contributed by atoms with Crippen molar-refractivity contribution in [2.24, 2.45) is 5.41 Å². The van der Waals surface area contributed by atoms with Gasteiger partial charge < -0.3 is 15.4 Å². The molecule has 0 spiro atoms. The lowest BCUT2D eigenvalue weighted by atomic mass is 9.96. The predicted molar refractivity (Wildman–Crippen MR) is 100 cm³/mol. The van der Waals surface area contributed by atoms with Crippen LogP contribution in [0.5, 0.6) is 0 Å². The number of esters is 1. The van der Waals surface area contributed by atoms with E-state index in [1.54, 1.807) is 24.3 Å². The summed E-state index contributed by atoms with van der Waals surface area (Å²) in [6.07, 6.45) is 3.01. The number of ether oxygens (including phenoxy) is 1. The van der Waals surface area contributed by atoms with Crippen LogP contribution in [0, 0.1) is 5.41 Å². The Morgan fingerprint density at radius 2 is 1.75 bits per heavy atom. The van der Waals surface area contributed by atoms with Crippen molar-refractivity contribution >= 4 is 34.9 Å². The molecule has 0 aliphatic rings. The van der Waals surface area contributed by atoms with Gasteiger partial charge in [0, 0.05) is 11.1 Å². The topological polar surface area (TPSA) is 67.4 Å². The molecule has 5 nitrogen and oxygen atoms in total. The highest BCUT2D eigenvalue weighted by molar-refractivity contribution is 7.80. The highest BCUT2D eigenvalue weighted by atomic mass is 32.1. The van der Waals surface area contributed by atoms with Gasteiger partial charge >= 0.3 is 5.97 Å². The van der Waals surface area contributed by atoms with Crippen molar-refractivity contribution in [1.82, 2.24) is 5.32 Å². The molecule has 0 saturated heterocycles. The fourth-order valence-electron chi connectivity index (χ4n) is 1.74. The third-order valence-corrected chi connectivity index (χ3v) is 3.47. The fraction of sp³-hybridized carbons (Fsp3) is 0.500. The number of hydrogen-bond acceptors (Lipinski definition) is 4. The zero-order valence-electron chi connectivity index (χ0n) is 14.8. The van der Waals surface area contributed by atoms with E-state index in [1.165, 1.54) is 0 Å². The van der Waals surface area contributed by atoms with E-state index in [0.717, 1.165) is 19.3 Å². The number of hydrogen-bond donors (Lipinski definition) is 2. The van der Waals surface area contributed by atoms with E-state index in [4.69, 9.17) is 17.0 Å². The van der Waals surface area contributed by atoms with Gasteiger partial charge in [-0.25, -0.2) is 4.79 Å². The third-order valence-electron chi connectivity index (χ3n) is 3.27. The molecule has 0 bridgehead atoms. The summed E-state index contributed by atoms with van der Waals surface area (Å²) in [5.74, 6) is -0.492. The number of carbonyl (C=O) groups is 2. The summed E-state index contributed by atoms with van der Waals surface area (Å²) in [6, 6.07) is 6.77. The largest absolute Gasteiger partial charge is 0.462 e. The Morgan fingerprint density at radius 1 is 1.12 bits per heavy atom. The highest BCUT2D eigenvalue weighted by Gasteiger charge is 2.21. The first kappa shape index (κ1) is 20.1. The fourth-order valence-corrected chi connectivity index (χ4v) is 1.95. The quantitative estimate of drug-likeness (QED) is 0.463. The van der Waals surface area contributed by atoms with Crippen LogP contribution in [0.2, 0.25) is 0 Å². The molecule has 0 heterocycles. The van der Waals surface area contributed by atoms with Gasteiger partial charge in [-0.05, 0) is 42.9 Å². The van der Waals surface area contributed by atoms with Crippen LogP contribution in [0.1, 0.15) is 57.3 Å². The van der Waals surface area contributed by atoms with Crippen LogP contribution in [0.15, 0.2) is 24.3 Å². The first-order chi connectivity index (χ1) is 11.2. The van der Waals surface area contributed by atoms with Crippen LogP contribution in [-0.2, 0) is 9.53 Å². The lowest BCUT2D eigenvalue weighted by Gasteiger charge is -2.18. The number of nitrogens with one attached hydrogen (secondary N) is 2. The zero-order valence-corrected chi connectivity index (χ0v) is 15.6. The van der Waals surface area contributed by atoms with E-state index in [9.17, 15) is 9.59 Å². The summed E-state index contributed by atoms with van der Waals surface area (Å²) >= 11 is 5.11. The van der Waals surface area contributed by atoms with Gasteiger partial charge in [0.2, 0.25) is 5.91 Å². The Balaban J connectivity index is 2.51. The van der Waals surface area contributed by atoms with Crippen molar-refractivity contribution in [2.75, 3.05) is 11.9 Å². The van der Waals surface area contributed by atoms with Crippen molar-refractivity contribution < 1.29 is 14.3 Å². The van der Waals surface area contributed by atoms with Crippen molar-refractivity contribution in [2.45, 2.75) is 47.0 Å². The Morgan fingerprint density at radius 3 is 2.29 bits per heavy atom. The van der Waals surface area contributed by atoms with Gasteiger partial charge in [-0.2, -0.15) is 0 Å². The monoisotopic (exact) mass is 350 g/mol. The van der Waals surface area contributed by atoms with Gasteiger partial charge in [0.25, 0.3) is 0 Å². The SMILES string of the molecule is CCCCCOC(=O)c1ccc(NC(=S)NC(=O)C(C)(C)C)cc1. The molecule has 132 valence electrons. The molecule has 1 aromatic carbocycles. The molecule has 0 saturated carbocycles. The van der Waals surface area contributed by atoms with Crippen molar-refractivity contribution in [1.29, 1.82) is 0 Å². The molecule has 0 aromatic heterocycles. The van der Waals surface area contributed by atoms with Gasteiger partial charge in [-0.15, -0.1) is 0 Å². The maximum absolute atomic E-state index is 11.9. The second kappa shape index (κ2) is 9.37. The lowest BCUT2D eigenvalue weighted by molar-refractivity contribution is -0.126. The average Bonchev–Trinajstić information content (AvgIpc) is 2.51. The Labute approximate surface area is 149 Å². The Kier molecular flexibility index (Phi) is 7.85. The van der Waals surface area contributed by atoms with E-state index >= 15 is 0 Å². The molecule has 1 amide bonds. The van der Waals surface area contributed by atoms with E-state index in [-0.39, 0.29) is 17.0 Å². The Bertz CT molecular complexity index is 577. The molecule has 1 aromatic rings. The predicted octanol–water partition coefficient (Wildman–Crippen LogP) is 3.89. The summed E-state index contributed by atoms with van der Waals surface area (Å²) in [5.41, 5.74) is 0.662. The molecule has 0 unspecified atom stereocenters. The molecule has 0 radical (unpaired) electrons. The zero-order chi connectivity index (χ0) is 18.2. The minimum absolute atomic E-state index is 0.160.